The minimum absolute atomic E-state index is 0.0912. The van der Waals surface area contributed by atoms with Gasteiger partial charge in [0.25, 0.3) is 0 Å². The Hall–Kier alpha value is -1.82. The Balaban J connectivity index is 1.98. The summed E-state index contributed by atoms with van der Waals surface area (Å²) in [6, 6.07) is 7.24. The standard InChI is InChI=1S/C14H16BrN3O2/c1-10(18-9-12(15)8-17-18)14(19)16-7-11-5-3-4-6-13(11)20-2/h3-6,8-10H,7H2,1-2H3,(H,16,19). The normalized spacial score (nSPS) is 11.9. The van der Waals surface area contributed by atoms with E-state index in [-0.39, 0.29) is 11.9 Å². The van der Waals surface area contributed by atoms with Gasteiger partial charge in [0.1, 0.15) is 11.8 Å². The van der Waals surface area contributed by atoms with Crippen LogP contribution in [0, 0.1) is 0 Å². The summed E-state index contributed by atoms with van der Waals surface area (Å²) in [7, 11) is 1.62. The van der Waals surface area contributed by atoms with Crippen molar-refractivity contribution >= 4 is 21.8 Å². The summed E-state index contributed by atoms with van der Waals surface area (Å²) >= 11 is 3.31. The molecular formula is C14H16BrN3O2. The molecule has 1 unspecified atom stereocenters. The van der Waals surface area contributed by atoms with E-state index in [1.54, 1.807) is 31.1 Å². The average Bonchev–Trinajstić information content (AvgIpc) is 2.90. The number of ether oxygens (including phenoxy) is 1. The molecule has 0 aliphatic carbocycles. The first-order valence-corrected chi connectivity index (χ1v) is 7.00. The van der Waals surface area contributed by atoms with Gasteiger partial charge in [-0.1, -0.05) is 18.2 Å². The topological polar surface area (TPSA) is 56.1 Å². The second-order valence-corrected chi connectivity index (χ2v) is 5.26. The third kappa shape index (κ3) is 3.39. The van der Waals surface area contributed by atoms with Gasteiger partial charge in [-0.15, -0.1) is 0 Å². The van der Waals surface area contributed by atoms with Crippen molar-refractivity contribution in [2.75, 3.05) is 7.11 Å². The van der Waals surface area contributed by atoms with E-state index in [0.717, 1.165) is 15.8 Å². The number of benzene rings is 1. The Bertz CT molecular complexity index is 598. The number of aromatic nitrogens is 2. The maximum atomic E-state index is 12.1. The van der Waals surface area contributed by atoms with E-state index in [0.29, 0.717) is 6.54 Å². The van der Waals surface area contributed by atoms with Gasteiger partial charge in [0.05, 0.1) is 17.8 Å². The van der Waals surface area contributed by atoms with Crippen molar-refractivity contribution in [1.82, 2.24) is 15.1 Å². The summed E-state index contributed by atoms with van der Waals surface area (Å²) in [4.78, 5) is 12.1. The van der Waals surface area contributed by atoms with Crippen LogP contribution in [0.4, 0.5) is 0 Å². The van der Waals surface area contributed by atoms with Gasteiger partial charge in [-0.05, 0) is 28.9 Å². The maximum Gasteiger partial charge on any atom is 0.244 e. The van der Waals surface area contributed by atoms with Crippen LogP contribution in [-0.2, 0) is 11.3 Å². The van der Waals surface area contributed by atoms with E-state index in [1.165, 1.54) is 0 Å². The van der Waals surface area contributed by atoms with Crippen LogP contribution >= 0.6 is 15.9 Å². The molecule has 2 rings (SSSR count). The quantitative estimate of drug-likeness (QED) is 0.912. The second kappa shape index (κ2) is 6.56. The van der Waals surface area contributed by atoms with Crippen LogP contribution in [0.1, 0.15) is 18.5 Å². The monoisotopic (exact) mass is 337 g/mol. The van der Waals surface area contributed by atoms with E-state index < -0.39 is 0 Å². The molecule has 1 N–H and O–H groups in total. The largest absolute Gasteiger partial charge is 0.496 e. The molecule has 0 spiro atoms. The first kappa shape index (κ1) is 14.6. The lowest BCUT2D eigenvalue weighted by molar-refractivity contribution is -0.124. The van der Waals surface area contributed by atoms with Gasteiger partial charge in [-0.3, -0.25) is 9.48 Å². The van der Waals surface area contributed by atoms with Crippen LogP contribution in [0.3, 0.4) is 0 Å². The molecule has 1 aromatic carbocycles. The fourth-order valence-corrected chi connectivity index (χ4v) is 2.13. The van der Waals surface area contributed by atoms with Crippen molar-refractivity contribution in [3.05, 3.63) is 46.7 Å². The van der Waals surface area contributed by atoms with E-state index in [1.807, 2.05) is 24.3 Å². The molecule has 20 heavy (non-hydrogen) atoms. The highest BCUT2D eigenvalue weighted by Gasteiger charge is 2.15. The van der Waals surface area contributed by atoms with Crippen molar-refractivity contribution in [1.29, 1.82) is 0 Å². The zero-order valence-corrected chi connectivity index (χ0v) is 12.9. The molecule has 0 aliphatic rings. The highest BCUT2D eigenvalue weighted by Crippen LogP contribution is 2.17. The zero-order chi connectivity index (χ0) is 14.5. The fraction of sp³-hybridized carbons (Fsp3) is 0.286. The molecule has 1 amide bonds. The minimum atomic E-state index is -0.365. The molecule has 1 aromatic heterocycles. The van der Waals surface area contributed by atoms with Crippen molar-refractivity contribution in [3.8, 4) is 5.75 Å². The molecule has 0 saturated carbocycles. The Morgan fingerprint density at radius 3 is 2.90 bits per heavy atom. The lowest BCUT2D eigenvalue weighted by Gasteiger charge is -2.14. The average molecular weight is 338 g/mol. The lowest BCUT2D eigenvalue weighted by atomic mass is 10.2. The number of carbonyl (C=O) groups excluding carboxylic acids is 1. The van der Waals surface area contributed by atoms with Crippen molar-refractivity contribution in [3.63, 3.8) is 0 Å². The fourth-order valence-electron chi connectivity index (χ4n) is 1.83. The first-order chi connectivity index (χ1) is 9.61. The smallest absolute Gasteiger partial charge is 0.244 e. The third-order valence-corrected chi connectivity index (χ3v) is 3.40. The molecule has 1 heterocycles. The number of carbonyl (C=O) groups is 1. The number of rotatable bonds is 5. The summed E-state index contributed by atoms with van der Waals surface area (Å²) in [6.07, 6.45) is 3.43. The molecule has 2 aromatic rings. The van der Waals surface area contributed by atoms with E-state index in [4.69, 9.17) is 4.74 Å². The van der Waals surface area contributed by atoms with Crippen LogP contribution in [0.25, 0.3) is 0 Å². The molecule has 106 valence electrons. The van der Waals surface area contributed by atoms with Crippen LogP contribution in [0.5, 0.6) is 5.75 Å². The van der Waals surface area contributed by atoms with Gasteiger partial charge in [-0.2, -0.15) is 5.10 Å². The number of nitrogens with one attached hydrogen (secondary N) is 1. The number of halogens is 1. The Morgan fingerprint density at radius 2 is 2.25 bits per heavy atom. The summed E-state index contributed by atoms with van der Waals surface area (Å²) in [5.74, 6) is 0.675. The number of hydrogen-bond donors (Lipinski definition) is 1. The number of nitrogens with zero attached hydrogens (tertiary/aromatic N) is 2. The lowest BCUT2D eigenvalue weighted by Crippen LogP contribution is -2.30. The van der Waals surface area contributed by atoms with E-state index >= 15 is 0 Å². The molecule has 6 heteroatoms. The van der Waals surface area contributed by atoms with Gasteiger partial charge in [0, 0.05) is 18.3 Å². The van der Waals surface area contributed by atoms with Crippen molar-refractivity contribution in [2.45, 2.75) is 19.5 Å². The van der Waals surface area contributed by atoms with Gasteiger partial charge < -0.3 is 10.1 Å². The van der Waals surface area contributed by atoms with Gasteiger partial charge in [-0.25, -0.2) is 0 Å². The highest BCUT2D eigenvalue weighted by molar-refractivity contribution is 9.10. The van der Waals surface area contributed by atoms with Crippen LogP contribution < -0.4 is 10.1 Å². The summed E-state index contributed by atoms with van der Waals surface area (Å²) < 4.78 is 7.71. The Kier molecular flexibility index (Phi) is 4.79. The second-order valence-electron chi connectivity index (χ2n) is 4.34. The number of amides is 1. The number of methoxy groups -OCH3 is 1. The van der Waals surface area contributed by atoms with Crippen LogP contribution in [0.15, 0.2) is 41.1 Å². The van der Waals surface area contributed by atoms with E-state index in [2.05, 4.69) is 26.3 Å². The van der Waals surface area contributed by atoms with Crippen molar-refractivity contribution < 1.29 is 9.53 Å². The zero-order valence-electron chi connectivity index (χ0n) is 11.3. The SMILES string of the molecule is COc1ccccc1CNC(=O)C(C)n1cc(Br)cn1. The molecular weight excluding hydrogens is 322 g/mol. The molecule has 1 atom stereocenters. The molecule has 0 radical (unpaired) electrons. The highest BCUT2D eigenvalue weighted by atomic mass is 79.9. The van der Waals surface area contributed by atoms with Crippen molar-refractivity contribution in [2.24, 2.45) is 0 Å². The van der Waals surface area contributed by atoms with E-state index in [9.17, 15) is 4.79 Å². The molecule has 5 nitrogen and oxygen atoms in total. The molecule has 0 saturated heterocycles. The summed E-state index contributed by atoms with van der Waals surface area (Å²) in [6.45, 7) is 2.23. The predicted octanol–water partition coefficient (Wildman–Crippen LogP) is 2.53. The maximum absolute atomic E-state index is 12.1. The van der Waals surface area contributed by atoms with Gasteiger partial charge in [0.2, 0.25) is 5.91 Å². The minimum Gasteiger partial charge on any atom is -0.496 e. The van der Waals surface area contributed by atoms with Gasteiger partial charge in [0.15, 0.2) is 0 Å². The van der Waals surface area contributed by atoms with Crippen LogP contribution in [-0.4, -0.2) is 22.8 Å². The third-order valence-electron chi connectivity index (χ3n) is 2.99. The molecule has 0 aliphatic heterocycles. The first-order valence-electron chi connectivity index (χ1n) is 6.21. The predicted molar refractivity (Wildman–Crippen MR) is 79.5 cm³/mol. The molecule has 0 fully saturated rings. The molecule has 0 bridgehead atoms. The van der Waals surface area contributed by atoms with Crippen LogP contribution in [0.2, 0.25) is 0 Å². The number of para-hydroxylation sites is 1. The summed E-state index contributed by atoms with van der Waals surface area (Å²) in [5.41, 5.74) is 0.942. The van der Waals surface area contributed by atoms with Gasteiger partial charge >= 0.3 is 0 Å². The Labute approximate surface area is 126 Å². The Morgan fingerprint density at radius 1 is 1.50 bits per heavy atom. The number of hydrogen-bond acceptors (Lipinski definition) is 3. The summed E-state index contributed by atoms with van der Waals surface area (Å²) in [5, 5.41) is 7.00.